The van der Waals surface area contributed by atoms with E-state index in [0.29, 0.717) is 6.54 Å². The molecule has 0 N–H and O–H groups in total. The lowest BCUT2D eigenvalue weighted by Gasteiger charge is -2.17. The lowest BCUT2D eigenvalue weighted by molar-refractivity contribution is -0.141. The van der Waals surface area contributed by atoms with Crippen molar-refractivity contribution in [1.29, 1.82) is 0 Å². The van der Waals surface area contributed by atoms with Crippen LogP contribution in [0.4, 0.5) is 13.2 Å². The first-order valence-electron chi connectivity index (χ1n) is 7.14. The molecule has 0 aliphatic carbocycles. The highest BCUT2D eigenvalue weighted by Crippen LogP contribution is 2.35. The quantitative estimate of drug-likeness (QED) is 0.839. The van der Waals surface area contributed by atoms with E-state index in [1.807, 2.05) is 13.8 Å². The Labute approximate surface area is 141 Å². The summed E-state index contributed by atoms with van der Waals surface area (Å²) in [6.07, 6.45) is -3.08. The normalized spacial score (nSPS) is 11.8. The summed E-state index contributed by atoms with van der Waals surface area (Å²) in [6.45, 7) is 4.69. The SMILES string of the molecule is CCn1ncc(CN(C)C(=O)c2c(Cl)c(C(F)(F)F)nn2C)c1C. The maximum atomic E-state index is 12.9. The van der Waals surface area contributed by atoms with Crippen molar-refractivity contribution in [3.63, 3.8) is 0 Å². The highest BCUT2D eigenvalue weighted by atomic mass is 35.5. The second-order valence-electron chi connectivity index (χ2n) is 5.36. The van der Waals surface area contributed by atoms with Gasteiger partial charge in [-0.3, -0.25) is 14.2 Å². The number of halogens is 4. The van der Waals surface area contributed by atoms with Gasteiger partial charge in [0.25, 0.3) is 5.91 Å². The molecule has 132 valence electrons. The second-order valence-corrected chi connectivity index (χ2v) is 5.74. The second kappa shape index (κ2) is 6.46. The van der Waals surface area contributed by atoms with Gasteiger partial charge in [-0.05, 0) is 13.8 Å². The van der Waals surface area contributed by atoms with Gasteiger partial charge in [0.1, 0.15) is 10.7 Å². The number of nitrogens with zero attached hydrogens (tertiary/aromatic N) is 5. The van der Waals surface area contributed by atoms with Crippen LogP contribution < -0.4 is 0 Å². The van der Waals surface area contributed by atoms with Crippen molar-refractivity contribution in [3.05, 3.63) is 33.9 Å². The third kappa shape index (κ3) is 3.26. The average molecular weight is 364 g/mol. The smallest absolute Gasteiger partial charge is 0.336 e. The average Bonchev–Trinajstić information content (AvgIpc) is 2.98. The molecule has 0 unspecified atom stereocenters. The number of alkyl halides is 3. The Hall–Kier alpha value is -2.03. The van der Waals surface area contributed by atoms with E-state index >= 15 is 0 Å². The molecule has 2 aromatic rings. The van der Waals surface area contributed by atoms with E-state index in [4.69, 9.17) is 11.6 Å². The van der Waals surface area contributed by atoms with Gasteiger partial charge in [0, 0.05) is 38.4 Å². The van der Waals surface area contributed by atoms with Crippen molar-refractivity contribution in [2.45, 2.75) is 33.1 Å². The third-order valence-electron chi connectivity index (χ3n) is 3.72. The maximum Gasteiger partial charge on any atom is 0.436 e. The standard InChI is InChI=1S/C14H17ClF3N5O/c1-5-23-8(2)9(6-19-23)7-21(3)13(24)11-10(15)12(14(16,17)18)20-22(11)4/h6H,5,7H2,1-4H3. The van der Waals surface area contributed by atoms with E-state index in [1.165, 1.54) is 19.0 Å². The van der Waals surface area contributed by atoms with E-state index in [9.17, 15) is 18.0 Å². The van der Waals surface area contributed by atoms with Crippen LogP contribution in [0.2, 0.25) is 5.02 Å². The predicted molar refractivity (Wildman–Crippen MR) is 81.7 cm³/mol. The number of carbonyl (C=O) groups is 1. The van der Waals surface area contributed by atoms with Gasteiger partial charge in [-0.1, -0.05) is 11.6 Å². The molecule has 0 spiro atoms. The molecule has 0 aromatic carbocycles. The van der Waals surface area contributed by atoms with Crippen LogP contribution in [0.1, 0.15) is 34.4 Å². The number of carbonyl (C=O) groups excluding carboxylic acids is 1. The Balaban J connectivity index is 2.28. The van der Waals surface area contributed by atoms with Gasteiger partial charge < -0.3 is 4.90 Å². The highest BCUT2D eigenvalue weighted by molar-refractivity contribution is 6.34. The minimum absolute atomic E-state index is 0.202. The highest BCUT2D eigenvalue weighted by Gasteiger charge is 2.40. The van der Waals surface area contributed by atoms with E-state index in [0.717, 1.165) is 15.9 Å². The molecule has 0 atom stereocenters. The fraction of sp³-hybridized carbons (Fsp3) is 0.500. The first-order chi connectivity index (χ1) is 11.1. The molecule has 0 bridgehead atoms. The van der Waals surface area contributed by atoms with Crippen LogP contribution in [0.5, 0.6) is 0 Å². The zero-order valence-corrected chi connectivity index (χ0v) is 14.4. The lowest BCUT2D eigenvalue weighted by Crippen LogP contribution is -2.28. The van der Waals surface area contributed by atoms with Gasteiger partial charge in [0.2, 0.25) is 0 Å². The molecule has 24 heavy (non-hydrogen) atoms. The molecular weight excluding hydrogens is 347 g/mol. The van der Waals surface area contributed by atoms with E-state index in [1.54, 1.807) is 10.9 Å². The largest absolute Gasteiger partial charge is 0.436 e. The van der Waals surface area contributed by atoms with Crippen molar-refractivity contribution in [1.82, 2.24) is 24.5 Å². The van der Waals surface area contributed by atoms with Crippen LogP contribution in [0.3, 0.4) is 0 Å². The van der Waals surface area contributed by atoms with E-state index in [-0.39, 0.29) is 12.2 Å². The Morgan fingerprint density at radius 1 is 1.42 bits per heavy atom. The van der Waals surface area contributed by atoms with Crippen LogP contribution >= 0.6 is 11.6 Å². The Morgan fingerprint density at radius 3 is 2.50 bits per heavy atom. The van der Waals surface area contributed by atoms with E-state index < -0.39 is 22.8 Å². The van der Waals surface area contributed by atoms with Crippen molar-refractivity contribution >= 4 is 17.5 Å². The summed E-state index contributed by atoms with van der Waals surface area (Å²) in [7, 11) is 2.74. The van der Waals surface area contributed by atoms with E-state index in [2.05, 4.69) is 10.2 Å². The number of aryl methyl sites for hydroxylation is 2. The molecule has 1 amide bonds. The minimum Gasteiger partial charge on any atom is -0.336 e. The van der Waals surface area contributed by atoms with Crippen molar-refractivity contribution in [2.24, 2.45) is 7.05 Å². The molecule has 6 nitrogen and oxygen atoms in total. The summed E-state index contributed by atoms with van der Waals surface area (Å²) in [4.78, 5) is 13.8. The number of rotatable bonds is 4. The number of aromatic nitrogens is 4. The van der Waals surface area contributed by atoms with Gasteiger partial charge >= 0.3 is 6.18 Å². The zero-order valence-electron chi connectivity index (χ0n) is 13.6. The Morgan fingerprint density at radius 2 is 2.04 bits per heavy atom. The third-order valence-corrected chi connectivity index (χ3v) is 4.08. The van der Waals surface area contributed by atoms with Crippen molar-refractivity contribution in [3.8, 4) is 0 Å². The Kier molecular flexibility index (Phi) is 4.93. The molecule has 0 saturated heterocycles. The molecular formula is C14H17ClF3N5O. The molecule has 10 heteroatoms. The fourth-order valence-corrected chi connectivity index (χ4v) is 2.73. The lowest BCUT2D eigenvalue weighted by atomic mass is 10.2. The summed E-state index contributed by atoms with van der Waals surface area (Å²) in [5.74, 6) is -0.644. The molecule has 2 rings (SSSR count). The van der Waals surface area contributed by atoms with Gasteiger partial charge in [-0.15, -0.1) is 0 Å². The number of amides is 1. The summed E-state index contributed by atoms with van der Waals surface area (Å²) in [6, 6.07) is 0. The number of hydrogen-bond acceptors (Lipinski definition) is 3. The van der Waals surface area contributed by atoms with Gasteiger partial charge in [-0.2, -0.15) is 23.4 Å². The predicted octanol–water partition coefficient (Wildman–Crippen LogP) is 2.89. The van der Waals surface area contributed by atoms with Crippen molar-refractivity contribution in [2.75, 3.05) is 7.05 Å². The minimum atomic E-state index is -4.72. The molecule has 2 aromatic heterocycles. The summed E-state index contributed by atoms with van der Waals surface area (Å²) in [5.41, 5.74) is 0.136. The van der Waals surface area contributed by atoms with Crippen LogP contribution in [0.25, 0.3) is 0 Å². The fourth-order valence-electron chi connectivity index (χ4n) is 2.38. The topological polar surface area (TPSA) is 56.0 Å². The zero-order chi connectivity index (χ0) is 18.2. The summed E-state index contributed by atoms with van der Waals surface area (Å²) < 4.78 is 41.2. The Bertz CT molecular complexity index is 765. The van der Waals surface area contributed by atoms with Crippen LogP contribution in [0, 0.1) is 6.92 Å². The van der Waals surface area contributed by atoms with Crippen molar-refractivity contribution < 1.29 is 18.0 Å². The molecule has 0 fully saturated rings. The summed E-state index contributed by atoms with van der Waals surface area (Å²) in [5, 5.41) is 6.81. The molecule has 2 heterocycles. The van der Waals surface area contributed by atoms with Crippen LogP contribution in [0.15, 0.2) is 6.20 Å². The first-order valence-corrected chi connectivity index (χ1v) is 7.52. The van der Waals surface area contributed by atoms with Gasteiger partial charge in [0.05, 0.1) is 6.20 Å². The van der Waals surface area contributed by atoms with Crippen LogP contribution in [-0.4, -0.2) is 37.4 Å². The maximum absolute atomic E-state index is 12.9. The first kappa shape index (κ1) is 18.3. The number of hydrogen-bond donors (Lipinski definition) is 0. The molecule has 0 saturated carbocycles. The molecule has 0 radical (unpaired) electrons. The van der Waals surface area contributed by atoms with Gasteiger partial charge in [-0.25, -0.2) is 0 Å². The molecule has 0 aliphatic rings. The van der Waals surface area contributed by atoms with Crippen LogP contribution in [-0.2, 0) is 26.3 Å². The molecule has 0 aliphatic heterocycles. The van der Waals surface area contributed by atoms with Gasteiger partial charge in [0.15, 0.2) is 5.69 Å². The monoisotopic (exact) mass is 363 g/mol. The summed E-state index contributed by atoms with van der Waals surface area (Å²) >= 11 is 5.75.